The second kappa shape index (κ2) is 7.09. The van der Waals surface area contributed by atoms with Gasteiger partial charge in [-0.3, -0.25) is 4.79 Å². The monoisotopic (exact) mass is 300 g/mol. The number of nitrogens with zero attached hydrogens (tertiary/aromatic N) is 1. The van der Waals surface area contributed by atoms with Crippen LogP contribution in [0.25, 0.3) is 0 Å². The summed E-state index contributed by atoms with van der Waals surface area (Å²) < 4.78 is 10.6. The van der Waals surface area contributed by atoms with Crippen LogP contribution < -0.4 is 5.32 Å². The van der Waals surface area contributed by atoms with Crippen LogP contribution in [0.3, 0.4) is 0 Å². The molecule has 2 rings (SSSR count). The number of carbonyl (C=O) groups is 2. The normalized spacial score (nSPS) is 25.4. The van der Waals surface area contributed by atoms with Crippen molar-refractivity contribution >= 4 is 12.0 Å². The highest BCUT2D eigenvalue weighted by atomic mass is 16.5. The fourth-order valence-corrected chi connectivity index (χ4v) is 2.84. The average molecular weight is 300 g/mol. The molecular formula is C14H24N2O5. The van der Waals surface area contributed by atoms with Crippen molar-refractivity contribution in [2.45, 2.75) is 32.2 Å². The lowest BCUT2D eigenvalue weighted by Crippen LogP contribution is -2.55. The molecule has 120 valence electrons. The molecule has 0 aliphatic carbocycles. The largest absolute Gasteiger partial charge is 0.481 e. The van der Waals surface area contributed by atoms with Crippen LogP contribution in [0.1, 0.15) is 26.2 Å². The second-order valence-electron chi connectivity index (χ2n) is 5.69. The molecule has 7 heteroatoms. The topological polar surface area (TPSA) is 88.1 Å². The van der Waals surface area contributed by atoms with Crippen LogP contribution in [0.2, 0.25) is 0 Å². The van der Waals surface area contributed by atoms with Gasteiger partial charge in [-0.2, -0.15) is 0 Å². The van der Waals surface area contributed by atoms with Gasteiger partial charge in [-0.25, -0.2) is 4.79 Å². The number of rotatable bonds is 4. The summed E-state index contributed by atoms with van der Waals surface area (Å²) in [5.74, 6) is -0.861. The Labute approximate surface area is 124 Å². The smallest absolute Gasteiger partial charge is 0.317 e. The van der Waals surface area contributed by atoms with Gasteiger partial charge >= 0.3 is 12.0 Å². The van der Waals surface area contributed by atoms with E-state index >= 15 is 0 Å². The van der Waals surface area contributed by atoms with Crippen LogP contribution in [0.5, 0.6) is 0 Å². The number of urea groups is 1. The van der Waals surface area contributed by atoms with E-state index in [1.54, 1.807) is 4.90 Å². The summed E-state index contributed by atoms with van der Waals surface area (Å²) in [7, 11) is 0. The summed E-state index contributed by atoms with van der Waals surface area (Å²) >= 11 is 0. The maximum absolute atomic E-state index is 12.3. The molecule has 7 nitrogen and oxygen atoms in total. The lowest BCUT2D eigenvalue weighted by Gasteiger charge is -2.37. The molecule has 2 amide bonds. The lowest BCUT2D eigenvalue weighted by molar-refractivity contribution is -0.154. The number of ether oxygens (including phenoxy) is 2. The van der Waals surface area contributed by atoms with Crippen LogP contribution in [-0.4, -0.2) is 67.6 Å². The Morgan fingerprint density at radius 1 is 1.29 bits per heavy atom. The Morgan fingerprint density at radius 3 is 2.62 bits per heavy atom. The number of hydrogen-bond acceptors (Lipinski definition) is 4. The van der Waals surface area contributed by atoms with Crippen LogP contribution in [0.4, 0.5) is 4.79 Å². The maximum Gasteiger partial charge on any atom is 0.317 e. The van der Waals surface area contributed by atoms with E-state index in [-0.39, 0.29) is 18.6 Å². The molecule has 0 aromatic carbocycles. The van der Waals surface area contributed by atoms with E-state index in [0.717, 1.165) is 6.42 Å². The molecule has 2 aliphatic rings. The minimum atomic E-state index is -0.901. The van der Waals surface area contributed by atoms with Gasteiger partial charge < -0.3 is 24.8 Å². The number of carboxylic acid groups (broad SMARTS) is 1. The second-order valence-corrected chi connectivity index (χ2v) is 5.69. The van der Waals surface area contributed by atoms with Gasteiger partial charge in [-0.15, -0.1) is 0 Å². The van der Waals surface area contributed by atoms with Crippen molar-refractivity contribution in [1.29, 1.82) is 0 Å². The lowest BCUT2D eigenvalue weighted by atomic mass is 9.80. The molecular weight excluding hydrogens is 276 g/mol. The van der Waals surface area contributed by atoms with E-state index in [1.165, 1.54) is 0 Å². The average Bonchev–Trinajstić information content (AvgIpc) is 2.53. The summed E-state index contributed by atoms with van der Waals surface area (Å²) in [6, 6.07) is -0.133. The standard InChI is InChI=1S/C14H24N2O5/c1-2-11-9-21-8-5-16(11)13(19)15-10-14(12(17)18)3-6-20-7-4-14/h11H,2-10H2,1H3,(H,15,19)(H,17,18). The molecule has 0 saturated carbocycles. The van der Waals surface area contributed by atoms with Crippen molar-refractivity contribution in [3.05, 3.63) is 0 Å². The van der Waals surface area contributed by atoms with Crippen molar-refractivity contribution in [3.63, 3.8) is 0 Å². The Kier molecular flexibility index (Phi) is 5.41. The summed E-state index contributed by atoms with van der Waals surface area (Å²) in [4.78, 5) is 25.6. The van der Waals surface area contributed by atoms with Crippen LogP contribution in [0.15, 0.2) is 0 Å². The van der Waals surface area contributed by atoms with E-state index in [9.17, 15) is 14.7 Å². The quantitative estimate of drug-likeness (QED) is 0.797. The molecule has 1 atom stereocenters. The highest BCUT2D eigenvalue weighted by Crippen LogP contribution is 2.30. The molecule has 2 aliphatic heterocycles. The van der Waals surface area contributed by atoms with Gasteiger partial charge in [-0.1, -0.05) is 6.92 Å². The van der Waals surface area contributed by atoms with Crippen LogP contribution in [-0.2, 0) is 14.3 Å². The fourth-order valence-electron chi connectivity index (χ4n) is 2.84. The zero-order valence-corrected chi connectivity index (χ0v) is 12.5. The Morgan fingerprint density at radius 2 is 2.00 bits per heavy atom. The van der Waals surface area contributed by atoms with E-state index in [4.69, 9.17) is 9.47 Å². The van der Waals surface area contributed by atoms with Gasteiger partial charge in [-0.05, 0) is 19.3 Å². The number of morpholine rings is 1. The molecule has 0 spiro atoms. The van der Waals surface area contributed by atoms with Crippen LogP contribution >= 0.6 is 0 Å². The van der Waals surface area contributed by atoms with Gasteiger partial charge in [0.05, 0.1) is 24.7 Å². The third kappa shape index (κ3) is 3.65. The van der Waals surface area contributed by atoms with E-state index in [1.807, 2.05) is 6.92 Å². The van der Waals surface area contributed by atoms with Gasteiger partial charge in [0.2, 0.25) is 0 Å². The Balaban J connectivity index is 1.93. The predicted octanol–water partition coefficient (Wildman–Crippen LogP) is 0.688. The number of amides is 2. The Bertz CT molecular complexity index is 382. The number of carbonyl (C=O) groups excluding carboxylic acids is 1. The molecule has 0 aromatic heterocycles. The first-order chi connectivity index (χ1) is 10.1. The van der Waals surface area contributed by atoms with Gasteiger partial charge in [0, 0.05) is 26.3 Å². The molecule has 1 unspecified atom stereocenters. The summed E-state index contributed by atoms with van der Waals surface area (Å²) in [5.41, 5.74) is -0.901. The van der Waals surface area contributed by atoms with Crippen molar-refractivity contribution in [3.8, 4) is 0 Å². The van der Waals surface area contributed by atoms with Crippen molar-refractivity contribution in [2.75, 3.05) is 39.5 Å². The minimum absolute atomic E-state index is 0.0641. The van der Waals surface area contributed by atoms with E-state index < -0.39 is 11.4 Å². The number of hydrogen-bond donors (Lipinski definition) is 2. The minimum Gasteiger partial charge on any atom is -0.481 e. The van der Waals surface area contributed by atoms with Gasteiger partial charge in [0.15, 0.2) is 0 Å². The third-order valence-electron chi connectivity index (χ3n) is 4.44. The summed E-state index contributed by atoms with van der Waals surface area (Å²) in [6.07, 6.45) is 1.69. The SMILES string of the molecule is CCC1COCCN1C(=O)NCC1(C(=O)O)CCOCC1. The van der Waals surface area contributed by atoms with Gasteiger partial charge in [0.1, 0.15) is 0 Å². The molecule has 0 aromatic rings. The molecule has 2 saturated heterocycles. The van der Waals surface area contributed by atoms with Gasteiger partial charge in [0.25, 0.3) is 0 Å². The fraction of sp³-hybridized carbons (Fsp3) is 0.857. The number of carboxylic acids is 1. The zero-order valence-electron chi connectivity index (χ0n) is 12.5. The highest BCUT2D eigenvalue weighted by molar-refractivity contribution is 5.78. The maximum atomic E-state index is 12.3. The van der Waals surface area contributed by atoms with Crippen molar-refractivity contribution in [1.82, 2.24) is 10.2 Å². The first-order valence-corrected chi connectivity index (χ1v) is 7.52. The molecule has 21 heavy (non-hydrogen) atoms. The molecule has 2 fully saturated rings. The zero-order chi connectivity index (χ0) is 15.3. The first kappa shape index (κ1) is 16.0. The third-order valence-corrected chi connectivity index (χ3v) is 4.44. The molecule has 2 N–H and O–H groups in total. The van der Waals surface area contributed by atoms with Crippen molar-refractivity contribution < 1.29 is 24.2 Å². The molecule has 0 bridgehead atoms. The summed E-state index contributed by atoms with van der Waals surface area (Å²) in [6.45, 7) is 4.64. The first-order valence-electron chi connectivity index (χ1n) is 7.52. The Hall–Kier alpha value is -1.34. The highest BCUT2D eigenvalue weighted by Gasteiger charge is 2.41. The summed E-state index contributed by atoms with van der Waals surface area (Å²) in [5, 5.41) is 12.3. The molecule has 0 radical (unpaired) electrons. The van der Waals surface area contributed by atoms with Crippen molar-refractivity contribution in [2.24, 2.45) is 5.41 Å². The van der Waals surface area contributed by atoms with E-state index in [0.29, 0.717) is 45.8 Å². The molecule has 2 heterocycles. The van der Waals surface area contributed by atoms with Crippen LogP contribution in [0, 0.1) is 5.41 Å². The number of nitrogens with one attached hydrogen (secondary N) is 1. The predicted molar refractivity (Wildman–Crippen MR) is 75.1 cm³/mol. The van der Waals surface area contributed by atoms with E-state index in [2.05, 4.69) is 5.32 Å². The number of aliphatic carboxylic acids is 1.